The van der Waals surface area contributed by atoms with Crippen molar-refractivity contribution < 1.29 is 24.6 Å². The molecule has 1 aliphatic heterocycles. The number of likely N-dealkylation sites (tertiary alicyclic amines) is 1. The Bertz CT molecular complexity index is 341. The second-order valence-electron chi connectivity index (χ2n) is 4.65. The summed E-state index contributed by atoms with van der Waals surface area (Å²) in [7, 11) is 0. The predicted molar refractivity (Wildman–Crippen MR) is 65.5 cm³/mol. The number of carbonyl (C=O) groups is 3. The van der Waals surface area contributed by atoms with Gasteiger partial charge in [0.25, 0.3) is 0 Å². The zero-order valence-electron chi connectivity index (χ0n) is 10.6. The Morgan fingerprint density at radius 2 is 1.95 bits per heavy atom. The molecule has 1 unspecified atom stereocenters. The van der Waals surface area contributed by atoms with Crippen LogP contribution in [-0.4, -0.2) is 76.6 Å². The molecule has 8 heteroatoms. The van der Waals surface area contributed by atoms with Crippen molar-refractivity contribution in [3.8, 4) is 0 Å². The molecule has 0 spiro atoms. The number of rotatable bonds is 7. The number of amides is 1. The van der Waals surface area contributed by atoms with E-state index in [4.69, 9.17) is 15.9 Å². The van der Waals surface area contributed by atoms with Crippen molar-refractivity contribution in [2.75, 3.05) is 26.2 Å². The monoisotopic (exact) mass is 273 g/mol. The third-order valence-corrected chi connectivity index (χ3v) is 3.25. The molecular weight excluding hydrogens is 254 g/mol. The third kappa shape index (κ3) is 4.84. The fraction of sp³-hybridized carbons (Fsp3) is 0.727. The van der Waals surface area contributed by atoms with E-state index in [9.17, 15) is 14.4 Å². The molecule has 108 valence electrons. The summed E-state index contributed by atoms with van der Waals surface area (Å²) in [6.07, 6.45) is 1.86. The van der Waals surface area contributed by atoms with E-state index in [2.05, 4.69) is 0 Å². The maximum Gasteiger partial charge on any atom is 0.322 e. The van der Waals surface area contributed by atoms with E-state index in [0.29, 0.717) is 32.3 Å². The Morgan fingerprint density at radius 3 is 2.37 bits per heavy atom. The summed E-state index contributed by atoms with van der Waals surface area (Å²) < 4.78 is 0. The largest absolute Gasteiger partial charge is 0.480 e. The molecule has 0 aliphatic carbocycles. The molecule has 1 saturated heterocycles. The summed E-state index contributed by atoms with van der Waals surface area (Å²) in [6, 6.07) is -1.17. The van der Waals surface area contributed by atoms with Gasteiger partial charge in [-0.1, -0.05) is 0 Å². The Morgan fingerprint density at radius 1 is 1.37 bits per heavy atom. The number of nitrogens with zero attached hydrogens (tertiary/aromatic N) is 2. The Kier molecular flexibility index (Phi) is 5.71. The molecule has 0 saturated carbocycles. The lowest BCUT2D eigenvalue weighted by atomic mass is 10.0. The molecule has 8 nitrogen and oxygen atoms in total. The second kappa shape index (κ2) is 7.05. The standard InChI is InChI=1S/C11H19N3O5/c12-9(11(18)19)5-14(7-15)8-1-3-13(4-2-8)6-10(16)17/h7-9H,1-6,12H2,(H,16,17)(H,18,19). The summed E-state index contributed by atoms with van der Waals surface area (Å²) in [5.41, 5.74) is 5.40. The van der Waals surface area contributed by atoms with Gasteiger partial charge in [0, 0.05) is 25.7 Å². The highest BCUT2D eigenvalue weighted by atomic mass is 16.4. The number of hydrogen-bond acceptors (Lipinski definition) is 5. The molecule has 0 bridgehead atoms. The first-order valence-corrected chi connectivity index (χ1v) is 6.07. The van der Waals surface area contributed by atoms with Crippen LogP contribution in [0.25, 0.3) is 0 Å². The van der Waals surface area contributed by atoms with Crippen LogP contribution < -0.4 is 5.73 Å². The van der Waals surface area contributed by atoms with Crippen LogP contribution in [0.5, 0.6) is 0 Å². The first-order valence-electron chi connectivity index (χ1n) is 6.07. The minimum absolute atomic E-state index is 0.0115. The van der Waals surface area contributed by atoms with Gasteiger partial charge < -0.3 is 20.8 Å². The van der Waals surface area contributed by atoms with Gasteiger partial charge in [0.05, 0.1) is 6.54 Å². The Hall–Kier alpha value is -1.67. The van der Waals surface area contributed by atoms with Crippen LogP contribution in [0.15, 0.2) is 0 Å². The van der Waals surface area contributed by atoms with Crippen LogP contribution in [-0.2, 0) is 14.4 Å². The molecule has 1 fully saturated rings. The van der Waals surface area contributed by atoms with Crippen molar-refractivity contribution in [2.24, 2.45) is 5.73 Å². The van der Waals surface area contributed by atoms with Gasteiger partial charge in [0.15, 0.2) is 0 Å². The zero-order valence-corrected chi connectivity index (χ0v) is 10.6. The molecule has 1 aliphatic rings. The van der Waals surface area contributed by atoms with Gasteiger partial charge in [-0.15, -0.1) is 0 Å². The lowest BCUT2D eigenvalue weighted by Gasteiger charge is -2.36. The van der Waals surface area contributed by atoms with Crippen molar-refractivity contribution >= 4 is 18.3 Å². The van der Waals surface area contributed by atoms with Gasteiger partial charge in [-0.3, -0.25) is 19.3 Å². The number of nitrogens with two attached hydrogens (primary N) is 1. The Balaban J connectivity index is 2.45. The molecule has 19 heavy (non-hydrogen) atoms. The van der Waals surface area contributed by atoms with Crippen LogP contribution >= 0.6 is 0 Å². The molecule has 1 atom stereocenters. The average Bonchev–Trinajstić information content (AvgIpc) is 2.36. The SMILES string of the molecule is NC(CN(C=O)C1CCN(CC(=O)O)CC1)C(=O)O. The van der Waals surface area contributed by atoms with Crippen molar-refractivity contribution in [1.82, 2.24) is 9.80 Å². The fourth-order valence-corrected chi connectivity index (χ4v) is 2.18. The summed E-state index contributed by atoms with van der Waals surface area (Å²) in [5, 5.41) is 17.4. The molecule has 1 rings (SSSR count). The quantitative estimate of drug-likeness (QED) is 0.477. The smallest absolute Gasteiger partial charge is 0.322 e. The Labute approximate surface area is 110 Å². The van der Waals surface area contributed by atoms with Crippen LogP contribution in [0, 0.1) is 0 Å². The van der Waals surface area contributed by atoms with E-state index >= 15 is 0 Å². The van der Waals surface area contributed by atoms with E-state index in [-0.39, 0.29) is 19.1 Å². The summed E-state index contributed by atoms with van der Waals surface area (Å²) in [4.78, 5) is 35.4. The molecule has 1 amide bonds. The van der Waals surface area contributed by atoms with Crippen LogP contribution in [0.3, 0.4) is 0 Å². The predicted octanol–water partition coefficient (Wildman–Crippen LogP) is -1.59. The number of piperidine rings is 1. The summed E-state index contributed by atoms with van der Waals surface area (Å²) in [6.45, 7) is 1.11. The lowest BCUT2D eigenvalue weighted by Crippen LogP contribution is -2.50. The van der Waals surface area contributed by atoms with Crippen LogP contribution in [0.1, 0.15) is 12.8 Å². The van der Waals surface area contributed by atoms with Crippen LogP contribution in [0.4, 0.5) is 0 Å². The van der Waals surface area contributed by atoms with Crippen molar-refractivity contribution in [3.05, 3.63) is 0 Å². The number of carboxylic acids is 2. The van der Waals surface area contributed by atoms with Crippen LogP contribution in [0.2, 0.25) is 0 Å². The van der Waals surface area contributed by atoms with E-state index < -0.39 is 18.0 Å². The van der Waals surface area contributed by atoms with Gasteiger partial charge in [-0.25, -0.2) is 0 Å². The zero-order chi connectivity index (χ0) is 14.4. The van der Waals surface area contributed by atoms with Gasteiger partial charge in [0.1, 0.15) is 6.04 Å². The number of carboxylic acid groups (broad SMARTS) is 2. The van der Waals surface area contributed by atoms with Crippen molar-refractivity contribution in [1.29, 1.82) is 0 Å². The van der Waals surface area contributed by atoms with Crippen molar-refractivity contribution in [2.45, 2.75) is 24.9 Å². The highest BCUT2D eigenvalue weighted by molar-refractivity contribution is 5.73. The highest BCUT2D eigenvalue weighted by Gasteiger charge is 2.27. The third-order valence-electron chi connectivity index (χ3n) is 3.25. The van der Waals surface area contributed by atoms with E-state index in [0.717, 1.165) is 0 Å². The second-order valence-corrected chi connectivity index (χ2v) is 4.65. The fourth-order valence-electron chi connectivity index (χ4n) is 2.18. The van der Waals surface area contributed by atoms with Gasteiger partial charge >= 0.3 is 11.9 Å². The maximum atomic E-state index is 11.0. The first kappa shape index (κ1) is 15.4. The van der Waals surface area contributed by atoms with E-state index in [1.807, 2.05) is 0 Å². The molecule has 0 aromatic rings. The van der Waals surface area contributed by atoms with E-state index in [1.165, 1.54) is 4.90 Å². The van der Waals surface area contributed by atoms with Gasteiger partial charge in [-0.05, 0) is 12.8 Å². The molecule has 0 aromatic heterocycles. The topological polar surface area (TPSA) is 124 Å². The van der Waals surface area contributed by atoms with Crippen molar-refractivity contribution in [3.63, 3.8) is 0 Å². The van der Waals surface area contributed by atoms with E-state index in [1.54, 1.807) is 4.90 Å². The minimum Gasteiger partial charge on any atom is -0.480 e. The summed E-state index contributed by atoms with van der Waals surface area (Å²) in [5.74, 6) is -2.02. The first-order chi connectivity index (χ1) is 8.93. The summed E-state index contributed by atoms with van der Waals surface area (Å²) >= 11 is 0. The van der Waals surface area contributed by atoms with Gasteiger partial charge in [-0.2, -0.15) is 0 Å². The number of aliphatic carboxylic acids is 2. The highest BCUT2D eigenvalue weighted by Crippen LogP contribution is 2.15. The number of carbonyl (C=O) groups excluding carboxylic acids is 1. The average molecular weight is 273 g/mol. The molecule has 4 N–H and O–H groups in total. The lowest BCUT2D eigenvalue weighted by molar-refractivity contribution is -0.141. The maximum absolute atomic E-state index is 11.0. The minimum atomic E-state index is -1.14. The molecule has 1 heterocycles. The normalized spacial score (nSPS) is 18.8. The molecular formula is C11H19N3O5. The van der Waals surface area contributed by atoms with Gasteiger partial charge in [0.2, 0.25) is 6.41 Å². The number of hydrogen-bond donors (Lipinski definition) is 3. The molecule has 0 radical (unpaired) electrons. The molecule has 0 aromatic carbocycles.